The number of benzene rings is 1. The lowest BCUT2D eigenvalue weighted by molar-refractivity contribution is -0.134. The van der Waals surface area contributed by atoms with Gasteiger partial charge in [-0.1, -0.05) is 25.3 Å². The molecule has 1 aliphatic heterocycles. The van der Waals surface area contributed by atoms with Gasteiger partial charge in [-0.3, -0.25) is 19.8 Å². The molecule has 1 spiro atoms. The fourth-order valence-electron chi connectivity index (χ4n) is 3.32. The minimum absolute atomic E-state index is 0.233. The summed E-state index contributed by atoms with van der Waals surface area (Å²) in [4.78, 5) is 48.3. The van der Waals surface area contributed by atoms with Crippen LogP contribution in [0.25, 0.3) is 0 Å². The number of nitrogens with zero attached hydrogens (tertiary/aromatic N) is 1. The first kappa shape index (κ1) is 16.9. The van der Waals surface area contributed by atoms with Crippen molar-refractivity contribution in [1.82, 2.24) is 15.8 Å². The number of anilines is 1. The smallest absolute Gasteiger partial charge is 0.326 e. The molecule has 1 saturated heterocycles. The van der Waals surface area contributed by atoms with Crippen molar-refractivity contribution in [2.75, 3.05) is 5.32 Å². The highest BCUT2D eigenvalue weighted by molar-refractivity contribution is 6.09. The first-order chi connectivity index (χ1) is 11.9. The van der Waals surface area contributed by atoms with Gasteiger partial charge in [-0.15, -0.1) is 0 Å². The van der Waals surface area contributed by atoms with E-state index in [9.17, 15) is 19.2 Å². The Bertz CT molecular complexity index is 740. The highest BCUT2D eigenvalue weighted by atomic mass is 16.2. The molecule has 1 heterocycles. The van der Waals surface area contributed by atoms with Crippen LogP contribution in [0.3, 0.4) is 0 Å². The molecule has 2 fully saturated rings. The van der Waals surface area contributed by atoms with Crippen molar-refractivity contribution in [1.29, 1.82) is 0 Å². The quantitative estimate of drug-likeness (QED) is 0.723. The number of amides is 5. The van der Waals surface area contributed by atoms with Crippen molar-refractivity contribution in [2.24, 2.45) is 0 Å². The summed E-state index contributed by atoms with van der Waals surface area (Å²) < 4.78 is 0. The van der Waals surface area contributed by atoms with Crippen LogP contribution in [0.1, 0.15) is 49.4 Å². The van der Waals surface area contributed by atoms with Gasteiger partial charge >= 0.3 is 6.03 Å². The van der Waals surface area contributed by atoms with Crippen molar-refractivity contribution >= 4 is 29.4 Å². The molecule has 1 saturated carbocycles. The first-order valence-electron chi connectivity index (χ1n) is 8.27. The summed E-state index contributed by atoms with van der Waals surface area (Å²) in [6, 6.07) is 5.65. The molecule has 3 rings (SSSR count). The van der Waals surface area contributed by atoms with Crippen LogP contribution < -0.4 is 16.1 Å². The van der Waals surface area contributed by atoms with E-state index in [0.29, 0.717) is 18.5 Å². The fourth-order valence-corrected chi connectivity index (χ4v) is 3.32. The van der Waals surface area contributed by atoms with Crippen molar-refractivity contribution in [3.63, 3.8) is 0 Å². The van der Waals surface area contributed by atoms with Gasteiger partial charge in [0.2, 0.25) is 5.91 Å². The molecule has 0 radical (unpaired) electrons. The molecule has 0 bridgehead atoms. The minimum atomic E-state index is -0.888. The maximum absolute atomic E-state index is 12.6. The zero-order chi connectivity index (χ0) is 18.0. The molecule has 5 amide bonds. The Balaban J connectivity index is 1.73. The summed E-state index contributed by atoms with van der Waals surface area (Å²) in [5.74, 6) is -1.27. The number of nitrogens with one attached hydrogen (secondary N) is 3. The Morgan fingerprint density at radius 2 is 1.88 bits per heavy atom. The fraction of sp³-hybridized carbons (Fsp3) is 0.412. The SMILES string of the molecule is CC(=O)Nc1cccc(C(=O)NN2C(=O)NC3(CCCCC3)C2=O)c1. The standard InChI is InChI=1S/C17H20N4O4/c1-11(22)18-13-7-5-6-12(10-13)14(23)20-21-15(24)17(19-16(21)25)8-3-2-4-9-17/h5-7,10H,2-4,8-9H2,1H3,(H,18,22)(H,19,25)(H,20,23). The Labute approximate surface area is 144 Å². The summed E-state index contributed by atoms with van der Waals surface area (Å²) in [5.41, 5.74) is 2.17. The van der Waals surface area contributed by atoms with Gasteiger partial charge in [-0.05, 0) is 31.0 Å². The molecule has 0 aromatic heterocycles. The van der Waals surface area contributed by atoms with Gasteiger partial charge in [0.05, 0.1) is 0 Å². The number of carbonyl (C=O) groups is 4. The molecule has 0 atom stereocenters. The van der Waals surface area contributed by atoms with Crippen molar-refractivity contribution in [3.8, 4) is 0 Å². The molecule has 0 unspecified atom stereocenters. The molecule has 25 heavy (non-hydrogen) atoms. The van der Waals surface area contributed by atoms with Gasteiger partial charge in [0.15, 0.2) is 0 Å². The number of carbonyl (C=O) groups excluding carboxylic acids is 4. The number of hydrogen-bond donors (Lipinski definition) is 3. The van der Waals surface area contributed by atoms with Crippen LogP contribution in [0, 0.1) is 0 Å². The molecule has 132 valence electrons. The highest BCUT2D eigenvalue weighted by Crippen LogP contribution is 2.33. The average Bonchev–Trinajstić information content (AvgIpc) is 2.79. The van der Waals surface area contributed by atoms with E-state index >= 15 is 0 Å². The van der Waals surface area contributed by atoms with Crippen LogP contribution in [-0.4, -0.2) is 34.3 Å². The predicted octanol–water partition coefficient (Wildman–Crippen LogP) is 1.54. The lowest BCUT2D eigenvalue weighted by Crippen LogP contribution is -2.50. The van der Waals surface area contributed by atoms with Crippen LogP contribution >= 0.6 is 0 Å². The summed E-state index contributed by atoms with van der Waals surface area (Å²) in [6.45, 7) is 1.36. The molecule has 3 N–H and O–H groups in total. The number of urea groups is 1. The molecule has 2 aliphatic rings. The minimum Gasteiger partial charge on any atom is -0.326 e. The molecule has 8 heteroatoms. The number of imide groups is 1. The van der Waals surface area contributed by atoms with Crippen LogP contribution in [0.15, 0.2) is 24.3 Å². The third kappa shape index (κ3) is 3.33. The average molecular weight is 344 g/mol. The van der Waals surface area contributed by atoms with Crippen molar-refractivity contribution in [2.45, 2.75) is 44.6 Å². The zero-order valence-corrected chi connectivity index (χ0v) is 13.9. The molecule has 1 aromatic carbocycles. The van der Waals surface area contributed by atoms with Gasteiger partial charge in [0, 0.05) is 18.2 Å². The van der Waals surface area contributed by atoms with E-state index in [1.165, 1.54) is 19.1 Å². The molecule has 1 aliphatic carbocycles. The second-order valence-corrected chi connectivity index (χ2v) is 6.42. The van der Waals surface area contributed by atoms with Crippen LogP contribution in [0.5, 0.6) is 0 Å². The third-order valence-electron chi connectivity index (χ3n) is 4.53. The predicted molar refractivity (Wildman–Crippen MR) is 89.4 cm³/mol. The van der Waals surface area contributed by atoms with Gasteiger partial charge in [-0.25, -0.2) is 4.79 Å². The molecule has 8 nitrogen and oxygen atoms in total. The maximum Gasteiger partial charge on any atom is 0.344 e. The van der Waals surface area contributed by atoms with Gasteiger partial charge in [-0.2, -0.15) is 5.01 Å². The lowest BCUT2D eigenvalue weighted by atomic mass is 9.82. The van der Waals surface area contributed by atoms with Crippen molar-refractivity contribution < 1.29 is 19.2 Å². The number of hydrogen-bond acceptors (Lipinski definition) is 4. The van der Waals surface area contributed by atoms with E-state index < -0.39 is 23.4 Å². The first-order valence-corrected chi connectivity index (χ1v) is 8.27. The number of hydrazine groups is 1. The van der Waals surface area contributed by atoms with E-state index in [1.807, 2.05) is 0 Å². The summed E-state index contributed by atoms with van der Waals surface area (Å²) in [7, 11) is 0. The lowest BCUT2D eigenvalue weighted by Gasteiger charge is -2.30. The van der Waals surface area contributed by atoms with Gasteiger partial charge in [0.1, 0.15) is 5.54 Å². The Kier molecular flexibility index (Phi) is 4.43. The summed E-state index contributed by atoms with van der Waals surface area (Å²) in [5, 5.41) is 6.07. The van der Waals surface area contributed by atoms with E-state index in [4.69, 9.17) is 0 Å². The molecule has 1 aromatic rings. The van der Waals surface area contributed by atoms with E-state index in [-0.39, 0.29) is 11.5 Å². The Hall–Kier alpha value is -2.90. The highest BCUT2D eigenvalue weighted by Gasteiger charge is 2.52. The normalized spacial score (nSPS) is 18.8. The summed E-state index contributed by atoms with van der Waals surface area (Å²) in [6.07, 6.45) is 3.94. The van der Waals surface area contributed by atoms with E-state index in [2.05, 4.69) is 16.1 Å². The van der Waals surface area contributed by atoms with Crippen LogP contribution in [-0.2, 0) is 9.59 Å². The monoisotopic (exact) mass is 344 g/mol. The van der Waals surface area contributed by atoms with Crippen molar-refractivity contribution in [3.05, 3.63) is 29.8 Å². The Morgan fingerprint density at radius 3 is 2.56 bits per heavy atom. The number of rotatable bonds is 3. The van der Waals surface area contributed by atoms with Gasteiger partial charge < -0.3 is 10.6 Å². The Morgan fingerprint density at radius 1 is 1.16 bits per heavy atom. The molecular formula is C17H20N4O4. The van der Waals surface area contributed by atoms with Gasteiger partial charge in [0.25, 0.3) is 11.8 Å². The molecular weight excluding hydrogens is 324 g/mol. The third-order valence-corrected chi connectivity index (χ3v) is 4.53. The van der Waals surface area contributed by atoms with Crippen LogP contribution in [0.2, 0.25) is 0 Å². The zero-order valence-electron chi connectivity index (χ0n) is 13.9. The van der Waals surface area contributed by atoms with E-state index in [0.717, 1.165) is 24.3 Å². The summed E-state index contributed by atoms with van der Waals surface area (Å²) >= 11 is 0. The van der Waals surface area contributed by atoms with E-state index in [1.54, 1.807) is 12.1 Å². The largest absolute Gasteiger partial charge is 0.344 e. The topological polar surface area (TPSA) is 108 Å². The second kappa shape index (κ2) is 6.54. The second-order valence-electron chi connectivity index (χ2n) is 6.42. The maximum atomic E-state index is 12.6. The van der Waals surface area contributed by atoms with Crippen LogP contribution in [0.4, 0.5) is 10.5 Å².